The average Bonchev–Trinajstić information content (AvgIpc) is 3.67. The lowest BCUT2D eigenvalue weighted by Gasteiger charge is -2.37. The van der Waals surface area contributed by atoms with E-state index < -0.39 is 5.41 Å². The molecule has 3 fully saturated rings. The van der Waals surface area contributed by atoms with Crippen LogP contribution in [-0.4, -0.2) is 62.2 Å². The Morgan fingerprint density at radius 3 is 2.45 bits per heavy atom. The summed E-state index contributed by atoms with van der Waals surface area (Å²) < 4.78 is 2.10. The van der Waals surface area contributed by atoms with Gasteiger partial charge in [0.2, 0.25) is 17.7 Å². The molecule has 1 unspecified atom stereocenters. The normalized spacial score (nSPS) is 24.1. The minimum atomic E-state index is -0.440. The zero-order valence-electron chi connectivity index (χ0n) is 30.3. The summed E-state index contributed by atoms with van der Waals surface area (Å²) in [6.45, 7) is 7.24. The van der Waals surface area contributed by atoms with Gasteiger partial charge in [0.05, 0.1) is 33.1 Å². The van der Waals surface area contributed by atoms with E-state index in [1.54, 1.807) is 6.07 Å². The number of aromatic nitrogens is 2. The van der Waals surface area contributed by atoms with Crippen molar-refractivity contribution < 1.29 is 14.4 Å². The third-order valence-electron chi connectivity index (χ3n) is 12.7. The van der Waals surface area contributed by atoms with Crippen LogP contribution in [0.2, 0.25) is 5.02 Å². The van der Waals surface area contributed by atoms with Gasteiger partial charge in [0.25, 0.3) is 5.56 Å². The number of carbonyl (C=O) groups is 3. The fraction of sp³-hybridized carbons (Fsp3) is 0.452. The van der Waals surface area contributed by atoms with Crippen molar-refractivity contribution in [3.8, 4) is 5.69 Å². The van der Waals surface area contributed by atoms with E-state index in [1.165, 1.54) is 16.7 Å². The van der Waals surface area contributed by atoms with Gasteiger partial charge >= 0.3 is 0 Å². The summed E-state index contributed by atoms with van der Waals surface area (Å²) in [7, 11) is 0. The van der Waals surface area contributed by atoms with E-state index in [2.05, 4.69) is 80.2 Å². The molecule has 9 rings (SSSR count). The number of hydrogen-bond acceptors (Lipinski definition) is 7. The number of anilines is 1. The number of carbonyl (C=O) groups excluding carboxylic acids is 3. The van der Waals surface area contributed by atoms with Gasteiger partial charge in [-0.1, -0.05) is 35.9 Å². The quantitative estimate of drug-likeness (QED) is 0.236. The molecule has 3 aromatic carbocycles. The van der Waals surface area contributed by atoms with Crippen molar-refractivity contribution in [3.63, 3.8) is 0 Å². The van der Waals surface area contributed by atoms with Crippen LogP contribution in [0, 0.1) is 5.92 Å². The van der Waals surface area contributed by atoms with Crippen LogP contribution >= 0.6 is 11.6 Å². The number of benzene rings is 3. The van der Waals surface area contributed by atoms with Crippen molar-refractivity contribution in [2.75, 3.05) is 18.4 Å². The topological polar surface area (TPSA) is 117 Å². The number of rotatable bonds is 5. The molecule has 53 heavy (non-hydrogen) atoms. The van der Waals surface area contributed by atoms with Gasteiger partial charge < -0.3 is 10.2 Å². The van der Waals surface area contributed by atoms with E-state index in [-0.39, 0.29) is 29.3 Å². The first-order valence-electron chi connectivity index (χ1n) is 19.2. The van der Waals surface area contributed by atoms with E-state index in [0.29, 0.717) is 47.7 Å². The molecule has 274 valence electrons. The van der Waals surface area contributed by atoms with Gasteiger partial charge in [-0.3, -0.25) is 34.0 Å². The fourth-order valence-corrected chi connectivity index (χ4v) is 9.94. The Bertz CT molecular complexity index is 2230. The molecule has 11 heteroatoms. The number of likely N-dealkylation sites (tertiary alicyclic amines) is 1. The summed E-state index contributed by atoms with van der Waals surface area (Å²) in [4.78, 5) is 59.6. The monoisotopic (exact) mass is 732 g/mol. The van der Waals surface area contributed by atoms with E-state index in [4.69, 9.17) is 11.6 Å². The lowest BCUT2D eigenvalue weighted by Crippen LogP contribution is -2.50. The maximum atomic E-state index is 13.7. The highest BCUT2D eigenvalue weighted by Crippen LogP contribution is 2.45. The molecule has 0 spiro atoms. The molecule has 0 radical (unpaired) electrons. The van der Waals surface area contributed by atoms with Gasteiger partial charge in [0.15, 0.2) is 0 Å². The summed E-state index contributed by atoms with van der Waals surface area (Å²) in [6, 6.07) is 18.8. The van der Waals surface area contributed by atoms with Crippen molar-refractivity contribution in [2.24, 2.45) is 5.92 Å². The lowest BCUT2D eigenvalue weighted by atomic mass is 9.81. The first-order valence-corrected chi connectivity index (χ1v) is 19.5. The summed E-state index contributed by atoms with van der Waals surface area (Å²) in [5, 5.41) is 7.09. The summed E-state index contributed by atoms with van der Waals surface area (Å²) in [5.41, 5.74) is 7.09. The summed E-state index contributed by atoms with van der Waals surface area (Å²) in [5.74, 6) is 1.12. The predicted octanol–water partition coefficient (Wildman–Crippen LogP) is 6.18. The fourth-order valence-electron chi connectivity index (χ4n) is 9.69. The highest BCUT2D eigenvalue weighted by Gasteiger charge is 2.40. The molecule has 4 aliphatic heterocycles. The standard InChI is InChI=1S/C42H45ClN6O4/c1-42(2)31-21-26(9-13-33(31)49-34-5-3-4-32(43)37(34)39(52)46-41(42)49)24-16-18-47(19-17-24)40(53)25-6-10-29(11-7-25)44-30-12-8-27-22-48(23-28(27)20-30)35-14-15-36(50)45-38(35)51/h3-5,8-9,12-13,20-21,24-25,29,35,44H,6-7,10-11,14-19,22-23H2,1-2H3,(H,45,50,51). The van der Waals surface area contributed by atoms with Gasteiger partial charge in [-0.15, -0.1) is 0 Å². The van der Waals surface area contributed by atoms with E-state index in [1.807, 2.05) is 12.1 Å². The zero-order chi connectivity index (χ0) is 36.6. The molecule has 1 saturated carbocycles. The average molecular weight is 733 g/mol. The molecule has 1 aliphatic carbocycles. The Kier molecular flexibility index (Phi) is 8.46. The van der Waals surface area contributed by atoms with Crippen molar-refractivity contribution in [2.45, 2.75) is 102 Å². The number of imide groups is 1. The third-order valence-corrected chi connectivity index (χ3v) is 13.0. The lowest BCUT2D eigenvalue weighted by molar-refractivity contribution is -0.138. The van der Waals surface area contributed by atoms with Gasteiger partial charge in [-0.05, 0) is 117 Å². The molecule has 0 bridgehead atoms. The molecular weight excluding hydrogens is 688 g/mol. The number of halogens is 1. The number of amides is 3. The Morgan fingerprint density at radius 1 is 0.906 bits per heavy atom. The molecule has 1 atom stereocenters. The first-order chi connectivity index (χ1) is 25.5. The van der Waals surface area contributed by atoms with Gasteiger partial charge in [0, 0.05) is 50.2 Å². The van der Waals surface area contributed by atoms with Crippen molar-refractivity contribution >= 4 is 45.9 Å². The molecule has 1 aromatic heterocycles. The van der Waals surface area contributed by atoms with Crippen LogP contribution in [0.1, 0.15) is 99.2 Å². The molecular formula is C42H45ClN6O4. The maximum absolute atomic E-state index is 13.7. The summed E-state index contributed by atoms with van der Waals surface area (Å²) >= 11 is 6.45. The van der Waals surface area contributed by atoms with Gasteiger partial charge in [-0.2, -0.15) is 4.98 Å². The van der Waals surface area contributed by atoms with E-state index >= 15 is 0 Å². The molecule has 5 heterocycles. The number of nitrogens with zero attached hydrogens (tertiary/aromatic N) is 4. The van der Waals surface area contributed by atoms with Crippen LogP contribution < -0.4 is 16.2 Å². The first kappa shape index (κ1) is 34.2. The Morgan fingerprint density at radius 2 is 1.68 bits per heavy atom. The van der Waals surface area contributed by atoms with Crippen LogP contribution in [0.3, 0.4) is 0 Å². The highest BCUT2D eigenvalue weighted by atomic mass is 35.5. The van der Waals surface area contributed by atoms with Crippen LogP contribution in [0.25, 0.3) is 16.6 Å². The van der Waals surface area contributed by atoms with Crippen molar-refractivity contribution in [1.29, 1.82) is 0 Å². The minimum Gasteiger partial charge on any atom is -0.382 e. The number of nitrogens with one attached hydrogen (secondary N) is 2. The molecule has 2 saturated heterocycles. The Balaban J connectivity index is 0.795. The molecule has 10 nitrogen and oxygen atoms in total. The number of piperidine rings is 2. The summed E-state index contributed by atoms with van der Waals surface area (Å²) in [6.07, 6.45) is 6.53. The van der Waals surface area contributed by atoms with E-state index in [9.17, 15) is 19.2 Å². The van der Waals surface area contributed by atoms with Crippen molar-refractivity contribution in [1.82, 2.24) is 24.7 Å². The van der Waals surface area contributed by atoms with E-state index in [0.717, 1.165) is 86.4 Å². The largest absolute Gasteiger partial charge is 0.382 e. The van der Waals surface area contributed by atoms with Gasteiger partial charge in [0.1, 0.15) is 5.82 Å². The Hall–Kier alpha value is -4.54. The highest BCUT2D eigenvalue weighted by molar-refractivity contribution is 6.35. The SMILES string of the molecule is CC1(C)c2cc(C3CCN(C(=O)C4CCC(Nc5ccc6c(c5)CN(C5CCC(=O)NC5=O)C6)CC4)CC3)ccc2-n2c1nc(=O)c1c(Cl)cccc12. The van der Waals surface area contributed by atoms with Crippen LogP contribution in [-0.2, 0) is 32.9 Å². The van der Waals surface area contributed by atoms with Crippen molar-refractivity contribution in [3.05, 3.63) is 98.1 Å². The van der Waals surface area contributed by atoms with Crippen LogP contribution in [0.5, 0.6) is 0 Å². The molecule has 2 N–H and O–H groups in total. The van der Waals surface area contributed by atoms with Crippen LogP contribution in [0.15, 0.2) is 59.4 Å². The zero-order valence-corrected chi connectivity index (χ0v) is 31.0. The van der Waals surface area contributed by atoms with Crippen LogP contribution in [0.4, 0.5) is 5.69 Å². The minimum absolute atomic E-state index is 0.0738. The maximum Gasteiger partial charge on any atom is 0.282 e. The third kappa shape index (κ3) is 5.94. The second kappa shape index (κ2) is 13.1. The number of fused-ring (bicyclic) bond motifs is 6. The molecule has 4 aromatic rings. The smallest absolute Gasteiger partial charge is 0.282 e. The van der Waals surface area contributed by atoms with Gasteiger partial charge in [-0.25, -0.2) is 0 Å². The second-order valence-electron chi connectivity index (χ2n) is 16.3. The number of hydrogen-bond donors (Lipinski definition) is 2. The Labute approximate surface area is 313 Å². The molecule has 5 aliphatic rings. The predicted molar refractivity (Wildman–Crippen MR) is 204 cm³/mol. The molecule has 3 amide bonds. The second-order valence-corrected chi connectivity index (χ2v) is 16.7.